The number of rotatable bonds is 9. The number of ether oxygens (including phenoxy) is 3. The monoisotopic (exact) mass is 731 g/mol. The SMILES string of the molecule is CCOC(=O)c1ccccc1S(=O)(=O)NC(=O)Nc1nc(Cl)cc(OC)n1.O=[N+]([O-])c1ccc(Oc2c(Cl)cc(Cl)cc2Cl)cc1. The molecule has 1 heterocycles. The van der Waals surface area contributed by atoms with Crippen molar-refractivity contribution < 1.29 is 37.1 Å². The van der Waals surface area contributed by atoms with E-state index < -0.39 is 31.8 Å². The van der Waals surface area contributed by atoms with Crippen LogP contribution in [0, 0.1) is 10.1 Å². The molecule has 0 aliphatic heterocycles. The Labute approximate surface area is 281 Å². The lowest BCUT2D eigenvalue weighted by Gasteiger charge is -2.11. The summed E-state index contributed by atoms with van der Waals surface area (Å²) < 4.78 is 41.9. The predicted molar refractivity (Wildman–Crippen MR) is 170 cm³/mol. The Morgan fingerprint density at radius 2 is 1.59 bits per heavy atom. The lowest BCUT2D eigenvalue weighted by Crippen LogP contribution is -2.35. The van der Waals surface area contributed by atoms with E-state index in [4.69, 9.17) is 60.6 Å². The molecule has 2 amide bonds. The second kappa shape index (κ2) is 16.2. The molecule has 0 radical (unpaired) electrons. The molecule has 0 fully saturated rings. The number of nitro benzene ring substituents is 1. The highest BCUT2D eigenvalue weighted by Crippen LogP contribution is 2.38. The average molecular weight is 733 g/mol. The van der Waals surface area contributed by atoms with Crippen molar-refractivity contribution in [2.45, 2.75) is 11.8 Å². The number of urea groups is 1. The maximum Gasteiger partial charge on any atom is 0.339 e. The molecule has 0 aliphatic rings. The fraction of sp³-hybridized carbons (Fsp3) is 0.111. The van der Waals surface area contributed by atoms with E-state index in [9.17, 15) is 28.1 Å². The van der Waals surface area contributed by atoms with Gasteiger partial charge in [-0.1, -0.05) is 58.5 Å². The van der Waals surface area contributed by atoms with E-state index in [0.717, 1.165) is 0 Å². The van der Waals surface area contributed by atoms with Crippen LogP contribution in [0.15, 0.2) is 71.6 Å². The van der Waals surface area contributed by atoms with Crippen LogP contribution in [0.2, 0.25) is 20.2 Å². The average Bonchev–Trinajstić information content (AvgIpc) is 2.99. The summed E-state index contributed by atoms with van der Waals surface area (Å²) in [7, 11) is -3.05. The minimum atomic E-state index is -4.38. The summed E-state index contributed by atoms with van der Waals surface area (Å²) in [6, 6.07) is 14.0. The van der Waals surface area contributed by atoms with Crippen LogP contribution >= 0.6 is 46.4 Å². The van der Waals surface area contributed by atoms with Crippen LogP contribution in [0.4, 0.5) is 16.4 Å². The molecule has 46 heavy (non-hydrogen) atoms. The largest absolute Gasteiger partial charge is 0.481 e. The van der Waals surface area contributed by atoms with E-state index in [2.05, 4.69) is 15.3 Å². The first kappa shape index (κ1) is 36.1. The Balaban J connectivity index is 0.000000266. The fourth-order valence-corrected chi connectivity index (χ4v) is 5.49. The lowest BCUT2D eigenvalue weighted by molar-refractivity contribution is -0.384. The van der Waals surface area contributed by atoms with Crippen LogP contribution in [-0.2, 0) is 14.8 Å². The molecule has 19 heteroatoms. The second-order valence-corrected chi connectivity index (χ2v) is 11.7. The zero-order chi connectivity index (χ0) is 34.0. The summed E-state index contributed by atoms with van der Waals surface area (Å²) in [5.74, 6) is -0.397. The number of aromatic nitrogens is 2. The molecule has 0 bridgehead atoms. The van der Waals surface area contributed by atoms with Gasteiger partial charge in [-0.15, -0.1) is 0 Å². The number of hydrogen-bond acceptors (Lipinski definition) is 11. The smallest absolute Gasteiger partial charge is 0.339 e. The second-order valence-electron chi connectivity index (χ2n) is 8.38. The highest BCUT2D eigenvalue weighted by molar-refractivity contribution is 7.90. The van der Waals surface area contributed by atoms with Crippen molar-refractivity contribution in [3.8, 4) is 17.4 Å². The Bertz CT molecular complexity index is 1840. The van der Waals surface area contributed by atoms with Gasteiger partial charge >= 0.3 is 12.0 Å². The summed E-state index contributed by atoms with van der Waals surface area (Å²) in [6.45, 7) is 1.65. The van der Waals surface area contributed by atoms with Gasteiger partial charge in [0.25, 0.3) is 15.7 Å². The van der Waals surface area contributed by atoms with E-state index in [1.165, 1.54) is 73.8 Å². The summed E-state index contributed by atoms with van der Waals surface area (Å²) in [5.41, 5.74) is -0.235. The number of nitrogens with zero attached hydrogens (tertiary/aromatic N) is 3. The van der Waals surface area contributed by atoms with Gasteiger partial charge in [-0.3, -0.25) is 15.4 Å². The highest BCUT2D eigenvalue weighted by Gasteiger charge is 2.25. The number of anilines is 1. The zero-order valence-corrected chi connectivity index (χ0v) is 27.3. The van der Waals surface area contributed by atoms with E-state index in [1.54, 1.807) is 11.6 Å². The van der Waals surface area contributed by atoms with E-state index in [0.29, 0.717) is 10.8 Å². The number of benzene rings is 3. The van der Waals surface area contributed by atoms with Gasteiger partial charge in [0.1, 0.15) is 15.8 Å². The van der Waals surface area contributed by atoms with E-state index in [1.807, 2.05) is 0 Å². The number of nitrogens with one attached hydrogen (secondary N) is 2. The third kappa shape index (κ3) is 10.1. The molecule has 0 aliphatic carbocycles. The molecular weight excluding hydrogens is 712 g/mol. The van der Waals surface area contributed by atoms with Crippen LogP contribution < -0.4 is 19.5 Å². The van der Waals surface area contributed by atoms with Crippen LogP contribution in [0.25, 0.3) is 0 Å². The van der Waals surface area contributed by atoms with Crippen LogP contribution in [-0.4, -0.2) is 49.0 Å². The van der Waals surface area contributed by atoms with Gasteiger partial charge in [0, 0.05) is 23.2 Å². The summed E-state index contributed by atoms with van der Waals surface area (Å²) >= 11 is 23.5. The molecule has 0 atom stereocenters. The van der Waals surface area contributed by atoms with Crippen LogP contribution in [0.5, 0.6) is 17.4 Å². The fourth-order valence-electron chi connectivity index (χ4n) is 3.32. The number of hydrogen-bond donors (Lipinski definition) is 2. The molecule has 4 rings (SSSR count). The molecule has 0 saturated carbocycles. The van der Waals surface area contributed by atoms with Crippen LogP contribution in [0.1, 0.15) is 17.3 Å². The number of sulfonamides is 1. The minimum Gasteiger partial charge on any atom is -0.481 e. The van der Waals surface area contributed by atoms with Crippen LogP contribution in [0.3, 0.4) is 0 Å². The Morgan fingerprint density at radius 1 is 0.957 bits per heavy atom. The number of methoxy groups -OCH3 is 1. The molecule has 2 N–H and O–H groups in total. The van der Waals surface area contributed by atoms with Crippen molar-refractivity contribution in [2.75, 3.05) is 19.0 Å². The first-order chi connectivity index (χ1) is 21.7. The Hall–Kier alpha value is -4.41. The molecule has 1 aromatic heterocycles. The number of esters is 1. The van der Waals surface area contributed by atoms with Crippen molar-refractivity contribution in [1.29, 1.82) is 0 Å². The summed E-state index contributed by atoms with van der Waals surface area (Å²) in [6.07, 6.45) is 0. The lowest BCUT2D eigenvalue weighted by atomic mass is 10.2. The number of carbonyl (C=O) groups is 2. The third-order valence-electron chi connectivity index (χ3n) is 5.24. The molecule has 0 spiro atoms. The quantitative estimate of drug-likeness (QED) is 0.0768. The molecule has 0 saturated heterocycles. The minimum absolute atomic E-state index is 0.0207. The summed E-state index contributed by atoms with van der Waals surface area (Å²) in [4.78, 5) is 41.1. The number of carbonyl (C=O) groups excluding carboxylic acids is 2. The third-order valence-corrected chi connectivity index (χ3v) is 7.60. The van der Waals surface area contributed by atoms with Crippen molar-refractivity contribution in [3.05, 3.63) is 103 Å². The van der Waals surface area contributed by atoms with Gasteiger partial charge in [-0.2, -0.15) is 4.98 Å². The first-order valence-corrected chi connectivity index (χ1v) is 15.5. The van der Waals surface area contributed by atoms with Crippen molar-refractivity contribution in [1.82, 2.24) is 14.7 Å². The predicted octanol–water partition coefficient (Wildman–Crippen LogP) is 7.17. The van der Waals surface area contributed by atoms with Gasteiger partial charge in [0.15, 0.2) is 5.75 Å². The maximum atomic E-state index is 12.5. The van der Waals surface area contributed by atoms with Gasteiger partial charge in [-0.05, 0) is 43.3 Å². The van der Waals surface area contributed by atoms with Gasteiger partial charge in [-0.25, -0.2) is 27.7 Å². The van der Waals surface area contributed by atoms with Gasteiger partial charge in [0.05, 0.1) is 34.2 Å². The number of halogens is 4. The van der Waals surface area contributed by atoms with Crippen molar-refractivity contribution in [3.63, 3.8) is 0 Å². The standard InChI is InChI=1S/C15H15ClN4O6S.C12H6Cl3NO3/c1-3-26-13(21)9-6-4-5-7-10(9)27(23,24)20-15(22)19-14-17-11(16)8-12(18-14)25-2;13-7-5-10(14)12(11(15)6-7)19-9-3-1-8(2-4-9)16(17)18/h4-8H,3H2,1-2H3,(H2,17,18,19,20,22);1-6H. The first-order valence-electron chi connectivity index (χ1n) is 12.5. The van der Waals surface area contributed by atoms with Gasteiger partial charge < -0.3 is 14.2 Å². The van der Waals surface area contributed by atoms with E-state index in [-0.39, 0.29) is 50.6 Å². The molecular formula is C27H21Cl4N5O9S. The molecule has 3 aromatic carbocycles. The normalized spacial score (nSPS) is 10.6. The van der Waals surface area contributed by atoms with Gasteiger partial charge in [0.2, 0.25) is 11.8 Å². The zero-order valence-electron chi connectivity index (χ0n) is 23.5. The highest BCUT2D eigenvalue weighted by atomic mass is 35.5. The Kier molecular flexibility index (Phi) is 12.7. The number of amides is 2. The Morgan fingerprint density at radius 3 is 2.17 bits per heavy atom. The molecule has 14 nitrogen and oxygen atoms in total. The topological polar surface area (TPSA) is 189 Å². The van der Waals surface area contributed by atoms with E-state index >= 15 is 0 Å². The number of non-ortho nitro benzene ring substituents is 1. The summed E-state index contributed by atoms with van der Waals surface area (Å²) in [5, 5.41) is 13.5. The van der Waals surface area contributed by atoms with Crippen molar-refractivity contribution in [2.24, 2.45) is 0 Å². The maximum absolute atomic E-state index is 12.5. The number of nitro groups is 1. The van der Waals surface area contributed by atoms with Crippen molar-refractivity contribution >= 4 is 80.1 Å². The molecule has 0 unspecified atom stereocenters. The molecule has 242 valence electrons. The molecule has 4 aromatic rings.